The minimum Gasteiger partial charge on any atom is -0.324 e. The van der Waals surface area contributed by atoms with Crippen LogP contribution in [0.5, 0.6) is 0 Å². The molecular formula is C27H18Br2N4O. The number of carbonyl (C=O) groups is 1. The van der Waals surface area contributed by atoms with Crippen LogP contribution in [-0.4, -0.2) is 15.9 Å². The van der Waals surface area contributed by atoms with Gasteiger partial charge in [0.15, 0.2) is 0 Å². The molecule has 0 atom stereocenters. The molecule has 0 aliphatic rings. The molecule has 1 aromatic heterocycles. The zero-order chi connectivity index (χ0) is 23.5. The summed E-state index contributed by atoms with van der Waals surface area (Å²) in [6.45, 7) is 0. The van der Waals surface area contributed by atoms with E-state index in [-0.39, 0.29) is 5.91 Å². The number of nitrogens with zero attached hydrogens (tertiary/aromatic N) is 2. The van der Waals surface area contributed by atoms with Gasteiger partial charge in [-0.3, -0.25) is 4.79 Å². The van der Waals surface area contributed by atoms with E-state index in [4.69, 9.17) is 9.97 Å². The van der Waals surface area contributed by atoms with Crippen molar-refractivity contribution in [2.45, 2.75) is 0 Å². The Morgan fingerprint density at radius 1 is 0.706 bits per heavy atom. The highest BCUT2D eigenvalue weighted by Crippen LogP contribution is 2.30. The molecule has 2 N–H and O–H groups in total. The molecule has 0 saturated carbocycles. The molecule has 34 heavy (non-hydrogen) atoms. The van der Waals surface area contributed by atoms with E-state index in [9.17, 15) is 4.79 Å². The second-order valence-corrected chi connectivity index (χ2v) is 9.42. The third-order valence-electron chi connectivity index (χ3n) is 5.21. The molecule has 5 aromatic rings. The second kappa shape index (κ2) is 9.75. The maximum Gasteiger partial charge on any atom is 0.255 e. The number of nitrogens with one attached hydrogen (secondary N) is 2. The maximum atomic E-state index is 12.6. The van der Waals surface area contributed by atoms with Crippen molar-refractivity contribution in [2.24, 2.45) is 0 Å². The predicted octanol–water partition coefficient (Wildman–Crippen LogP) is 7.82. The van der Waals surface area contributed by atoms with E-state index >= 15 is 0 Å². The molecule has 0 aliphatic heterocycles. The van der Waals surface area contributed by atoms with Crippen LogP contribution < -0.4 is 10.6 Å². The van der Waals surface area contributed by atoms with E-state index in [2.05, 4.69) is 42.5 Å². The second-order valence-electron chi connectivity index (χ2n) is 7.59. The zero-order valence-electron chi connectivity index (χ0n) is 17.8. The van der Waals surface area contributed by atoms with E-state index in [1.54, 1.807) is 12.1 Å². The fourth-order valence-electron chi connectivity index (χ4n) is 3.54. The molecule has 0 spiro atoms. The Morgan fingerprint density at radius 2 is 1.38 bits per heavy atom. The largest absolute Gasteiger partial charge is 0.324 e. The van der Waals surface area contributed by atoms with Crippen LogP contribution in [0.4, 0.5) is 17.3 Å². The predicted molar refractivity (Wildman–Crippen MR) is 144 cm³/mol. The smallest absolute Gasteiger partial charge is 0.255 e. The van der Waals surface area contributed by atoms with E-state index < -0.39 is 0 Å². The summed E-state index contributed by atoms with van der Waals surface area (Å²) in [5.74, 6) is 0.313. The van der Waals surface area contributed by atoms with Gasteiger partial charge < -0.3 is 10.6 Å². The number of aromatic nitrogens is 2. The Bertz CT molecular complexity index is 1470. The van der Waals surface area contributed by atoms with Crippen molar-refractivity contribution in [1.29, 1.82) is 0 Å². The summed E-state index contributed by atoms with van der Waals surface area (Å²) in [6.07, 6.45) is 0. The minimum absolute atomic E-state index is 0.173. The van der Waals surface area contributed by atoms with Gasteiger partial charge in [-0.1, -0.05) is 62.2 Å². The Morgan fingerprint density at radius 3 is 2.12 bits per heavy atom. The van der Waals surface area contributed by atoms with Gasteiger partial charge in [0.1, 0.15) is 0 Å². The van der Waals surface area contributed by atoms with Gasteiger partial charge in [-0.15, -0.1) is 0 Å². The van der Waals surface area contributed by atoms with Crippen molar-refractivity contribution in [3.8, 4) is 11.3 Å². The van der Waals surface area contributed by atoms with Gasteiger partial charge in [0.25, 0.3) is 5.91 Å². The number of hydrogen-bond acceptors (Lipinski definition) is 4. The number of benzene rings is 4. The minimum atomic E-state index is -0.173. The number of rotatable bonds is 5. The average molecular weight is 574 g/mol. The van der Waals surface area contributed by atoms with Gasteiger partial charge in [0.2, 0.25) is 5.95 Å². The Hall–Kier alpha value is -3.55. The fraction of sp³-hybridized carbons (Fsp3) is 0. The summed E-state index contributed by atoms with van der Waals surface area (Å²) < 4.78 is 1.93. The normalized spacial score (nSPS) is 10.8. The van der Waals surface area contributed by atoms with Crippen LogP contribution in [0.15, 0.2) is 106 Å². The lowest BCUT2D eigenvalue weighted by atomic mass is 10.1. The number of carbonyl (C=O) groups excluding carboxylic acids is 1. The SMILES string of the molecule is O=C(Nc1ccc(Br)cc1)c1ccc(Nc2nc(-c3ccccc3)c3cc(Br)ccc3n2)cc1. The number of amides is 1. The Kier molecular flexibility index (Phi) is 6.38. The lowest BCUT2D eigenvalue weighted by Crippen LogP contribution is -2.11. The van der Waals surface area contributed by atoms with Gasteiger partial charge in [0, 0.05) is 36.8 Å². The van der Waals surface area contributed by atoms with E-state index in [0.29, 0.717) is 11.5 Å². The summed E-state index contributed by atoms with van der Waals surface area (Å²) in [4.78, 5) is 22.1. The highest BCUT2D eigenvalue weighted by molar-refractivity contribution is 9.10. The Balaban J connectivity index is 1.40. The van der Waals surface area contributed by atoms with Crippen LogP contribution in [0.1, 0.15) is 10.4 Å². The molecule has 5 rings (SSSR count). The van der Waals surface area contributed by atoms with Crippen LogP contribution in [0.3, 0.4) is 0 Å². The average Bonchev–Trinajstić information content (AvgIpc) is 2.86. The quantitative estimate of drug-likeness (QED) is 0.225. The molecule has 0 fully saturated rings. The highest BCUT2D eigenvalue weighted by atomic mass is 79.9. The molecule has 7 heteroatoms. The number of hydrogen-bond donors (Lipinski definition) is 2. The maximum absolute atomic E-state index is 12.6. The first-order chi connectivity index (χ1) is 16.5. The highest BCUT2D eigenvalue weighted by Gasteiger charge is 2.12. The van der Waals surface area contributed by atoms with Crippen LogP contribution in [0.2, 0.25) is 0 Å². The molecule has 0 bridgehead atoms. The molecule has 1 amide bonds. The molecule has 4 aromatic carbocycles. The third-order valence-corrected chi connectivity index (χ3v) is 6.23. The standard InChI is InChI=1S/C27H18Br2N4O/c28-19-8-13-21(14-9-19)30-26(34)18-6-11-22(12-7-18)31-27-32-24-15-10-20(29)16-23(24)25(33-27)17-4-2-1-3-5-17/h1-16H,(H,30,34)(H,31,32,33). The lowest BCUT2D eigenvalue weighted by Gasteiger charge is -2.11. The Labute approximate surface area is 213 Å². The summed E-state index contributed by atoms with van der Waals surface area (Å²) in [5.41, 5.74) is 4.78. The van der Waals surface area contributed by atoms with Crippen molar-refractivity contribution in [3.63, 3.8) is 0 Å². The van der Waals surface area contributed by atoms with Crippen LogP contribution in [0.25, 0.3) is 22.2 Å². The van der Waals surface area contributed by atoms with Gasteiger partial charge in [0.05, 0.1) is 11.2 Å². The topological polar surface area (TPSA) is 66.9 Å². The van der Waals surface area contributed by atoms with Gasteiger partial charge >= 0.3 is 0 Å². The molecule has 166 valence electrons. The summed E-state index contributed by atoms with van der Waals surface area (Å²) >= 11 is 6.94. The van der Waals surface area contributed by atoms with Crippen LogP contribution >= 0.6 is 31.9 Å². The van der Waals surface area contributed by atoms with Crippen molar-refractivity contribution in [1.82, 2.24) is 9.97 Å². The van der Waals surface area contributed by atoms with Gasteiger partial charge in [-0.05, 0) is 66.7 Å². The summed E-state index contributed by atoms with van der Waals surface area (Å²) in [7, 11) is 0. The van der Waals surface area contributed by atoms with E-state index in [1.807, 2.05) is 84.9 Å². The number of fused-ring (bicyclic) bond motifs is 1. The van der Waals surface area contributed by atoms with Crippen molar-refractivity contribution >= 4 is 66.0 Å². The molecular weight excluding hydrogens is 556 g/mol. The third kappa shape index (κ3) is 5.00. The molecule has 1 heterocycles. The van der Waals surface area contributed by atoms with Crippen molar-refractivity contribution < 1.29 is 4.79 Å². The molecule has 0 aliphatic carbocycles. The van der Waals surface area contributed by atoms with Crippen molar-refractivity contribution in [2.75, 3.05) is 10.6 Å². The zero-order valence-corrected chi connectivity index (χ0v) is 21.0. The van der Waals surface area contributed by atoms with E-state index in [1.165, 1.54) is 0 Å². The number of halogens is 2. The molecule has 0 radical (unpaired) electrons. The molecule has 0 unspecified atom stereocenters. The molecule has 0 saturated heterocycles. The van der Waals surface area contributed by atoms with Crippen molar-refractivity contribution in [3.05, 3.63) is 112 Å². The van der Waals surface area contributed by atoms with E-state index in [0.717, 1.165) is 42.5 Å². The summed E-state index contributed by atoms with van der Waals surface area (Å²) in [5, 5.41) is 7.13. The van der Waals surface area contributed by atoms with Crippen LogP contribution in [0, 0.1) is 0 Å². The first-order valence-corrected chi connectivity index (χ1v) is 12.1. The molecule has 5 nitrogen and oxygen atoms in total. The summed E-state index contributed by atoms with van der Waals surface area (Å²) in [6, 6.07) is 30.7. The first-order valence-electron chi connectivity index (χ1n) is 10.5. The van der Waals surface area contributed by atoms with Gasteiger partial charge in [-0.2, -0.15) is 0 Å². The van der Waals surface area contributed by atoms with Gasteiger partial charge in [-0.25, -0.2) is 9.97 Å². The number of anilines is 3. The first kappa shape index (κ1) is 22.3. The fourth-order valence-corrected chi connectivity index (χ4v) is 4.17. The van der Waals surface area contributed by atoms with Crippen LogP contribution in [-0.2, 0) is 0 Å². The lowest BCUT2D eigenvalue weighted by molar-refractivity contribution is 0.102. The monoisotopic (exact) mass is 572 g/mol.